The molecule has 0 N–H and O–H groups in total. The lowest BCUT2D eigenvalue weighted by molar-refractivity contribution is 0.414. The molecule has 0 fully saturated rings. The van der Waals surface area contributed by atoms with Crippen LogP contribution in [0.4, 0.5) is 0 Å². The topological polar surface area (TPSA) is 9.23 Å². The van der Waals surface area contributed by atoms with Crippen LogP contribution < -0.4 is 4.74 Å². The van der Waals surface area contributed by atoms with Gasteiger partial charge < -0.3 is 4.74 Å². The number of alkyl halides is 1. The summed E-state index contributed by atoms with van der Waals surface area (Å²) in [7, 11) is 1.71. The van der Waals surface area contributed by atoms with Crippen LogP contribution in [0, 0.1) is 5.92 Å². The van der Waals surface area contributed by atoms with Crippen molar-refractivity contribution in [3.63, 3.8) is 0 Å². The third-order valence-electron chi connectivity index (χ3n) is 3.37. The highest BCUT2D eigenvalue weighted by atomic mass is 79.9. The van der Waals surface area contributed by atoms with E-state index in [0.717, 1.165) is 17.0 Å². The van der Waals surface area contributed by atoms with E-state index in [-0.39, 0.29) is 0 Å². The third kappa shape index (κ3) is 5.90. The molecule has 1 nitrogen and oxygen atoms in total. The molecular weight excluding hydrogens is 288 g/mol. The number of hydrogen-bond acceptors (Lipinski definition) is 1. The van der Waals surface area contributed by atoms with Gasteiger partial charge in [-0.25, -0.2) is 0 Å². The SMILES string of the molecule is CCCCCCC(CBr)Cc1ccc(OC)cc1. The fraction of sp³-hybridized carbons (Fsp3) is 0.625. The molecule has 0 heterocycles. The molecule has 0 aliphatic rings. The van der Waals surface area contributed by atoms with E-state index in [9.17, 15) is 0 Å². The first kappa shape index (κ1) is 15.6. The highest BCUT2D eigenvalue weighted by Gasteiger charge is 2.08. The summed E-state index contributed by atoms with van der Waals surface area (Å²) in [4.78, 5) is 0. The van der Waals surface area contributed by atoms with Crippen LogP contribution >= 0.6 is 15.9 Å². The summed E-state index contributed by atoms with van der Waals surface area (Å²) < 4.78 is 5.18. The molecule has 0 aromatic heterocycles. The molecule has 1 aromatic rings. The second-order valence-corrected chi connectivity index (χ2v) is 5.57. The predicted octanol–water partition coefficient (Wildman–Crippen LogP) is 5.22. The van der Waals surface area contributed by atoms with Crippen molar-refractivity contribution in [3.8, 4) is 5.75 Å². The average molecular weight is 313 g/mol. The van der Waals surface area contributed by atoms with Gasteiger partial charge in [0.1, 0.15) is 5.75 Å². The predicted molar refractivity (Wildman–Crippen MR) is 82.7 cm³/mol. The molecule has 0 aliphatic heterocycles. The maximum atomic E-state index is 5.18. The summed E-state index contributed by atoms with van der Waals surface area (Å²) in [6.07, 6.45) is 7.93. The van der Waals surface area contributed by atoms with Crippen molar-refractivity contribution in [2.24, 2.45) is 5.92 Å². The van der Waals surface area contributed by atoms with E-state index in [1.807, 2.05) is 0 Å². The molecule has 1 atom stereocenters. The summed E-state index contributed by atoms with van der Waals surface area (Å²) in [6.45, 7) is 2.26. The van der Waals surface area contributed by atoms with Crippen LogP contribution in [-0.2, 0) is 6.42 Å². The lowest BCUT2D eigenvalue weighted by Crippen LogP contribution is -2.06. The Hall–Kier alpha value is -0.500. The third-order valence-corrected chi connectivity index (χ3v) is 4.28. The standard InChI is InChI=1S/C16H25BrO/c1-3-4-5-6-7-15(13-17)12-14-8-10-16(18-2)11-9-14/h8-11,15H,3-7,12-13H2,1-2H3. The minimum Gasteiger partial charge on any atom is -0.497 e. The van der Waals surface area contributed by atoms with Crippen LogP contribution in [0.1, 0.15) is 44.6 Å². The van der Waals surface area contributed by atoms with Crippen molar-refractivity contribution in [1.82, 2.24) is 0 Å². The second-order valence-electron chi connectivity index (χ2n) is 4.92. The zero-order valence-electron chi connectivity index (χ0n) is 11.6. The van der Waals surface area contributed by atoms with E-state index in [0.29, 0.717) is 0 Å². The smallest absolute Gasteiger partial charge is 0.118 e. The summed E-state index contributed by atoms with van der Waals surface area (Å²) in [6, 6.07) is 8.47. The van der Waals surface area contributed by atoms with Gasteiger partial charge in [-0.15, -0.1) is 0 Å². The maximum Gasteiger partial charge on any atom is 0.118 e. The first-order valence-electron chi connectivity index (χ1n) is 6.99. The van der Waals surface area contributed by atoms with Gasteiger partial charge in [0.2, 0.25) is 0 Å². The molecule has 0 radical (unpaired) electrons. The summed E-state index contributed by atoms with van der Waals surface area (Å²) in [5.41, 5.74) is 1.41. The van der Waals surface area contributed by atoms with E-state index < -0.39 is 0 Å². The Balaban J connectivity index is 2.36. The van der Waals surface area contributed by atoms with Crippen LogP contribution in [-0.4, -0.2) is 12.4 Å². The van der Waals surface area contributed by atoms with Crippen molar-refractivity contribution < 1.29 is 4.74 Å². The van der Waals surface area contributed by atoms with Crippen LogP contribution in [0.2, 0.25) is 0 Å². The van der Waals surface area contributed by atoms with Gasteiger partial charge in [-0.05, 0) is 36.5 Å². The Morgan fingerprint density at radius 2 is 1.83 bits per heavy atom. The number of benzene rings is 1. The molecule has 18 heavy (non-hydrogen) atoms. The van der Waals surface area contributed by atoms with Gasteiger partial charge >= 0.3 is 0 Å². The quantitative estimate of drug-likeness (QED) is 0.449. The first-order valence-corrected chi connectivity index (χ1v) is 8.11. The van der Waals surface area contributed by atoms with E-state index >= 15 is 0 Å². The lowest BCUT2D eigenvalue weighted by Gasteiger charge is -2.14. The van der Waals surface area contributed by atoms with E-state index in [1.54, 1.807) is 7.11 Å². The van der Waals surface area contributed by atoms with Crippen LogP contribution in [0.3, 0.4) is 0 Å². The Kier molecular flexibility index (Phi) is 8.15. The van der Waals surface area contributed by atoms with Gasteiger partial charge in [0.05, 0.1) is 7.11 Å². The largest absolute Gasteiger partial charge is 0.497 e. The monoisotopic (exact) mass is 312 g/mol. The summed E-state index contributed by atoms with van der Waals surface area (Å²) in [5.74, 6) is 1.70. The van der Waals surface area contributed by atoms with Gasteiger partial charge in [0, 0.05) is 5.33 Å². The lowest BCUT2D eigenvalue weighted by atomic mass is 9.95. The number of unbranched alkanes of at least 4 members (excludes halogenated alkanes) is 3. The Bertz CT molecular complexity index is 307. The molecule has 0 amide bonds. The van der Waals surface area contributed by atoms with E-state index in [4.69, 9.17) is 4.74 Å². The van der Waals surface area contributed by atoms with Crippen LogP contribution in [0.15, 0.2) is 24.3 Å². The van der Waals surface area contributed by atoms with Crippen molar-refractivity contribution >= 4 is 15.9 Å². The Labute approximate surface area is 120 Å². The number of hydrogen-bond donors (Lipinski definition) is 0. The molecule has 0 aliphatic carbocycles. The highest BCUT2D eigenvalue weighted by molar-refractivity contribution is 9.09. The van der Waals surface area contributed by atoms with Gasteiger partial charge in [0.25, 0.3) is 0 Å². The fourth-order valence-electron chi connectivity index (χ4n) is 2.19. The highest BCUT2D eigenvalue weighted by Crippen LogP contribution is 2.20. The molecule has 1 rings (SSSR count). The molecule has 2 heteroatoms. The molecular formula is C16H25BrO. The van der Waals surface area contributed by atoms with Crippen LogP contribution in [0.25, 0.3) is 0 Å². The molecule has 1 aromatic carbocycles. The van der Waals surface area contributed by atoms with Crippen molar-refractivity contribution in [2.75, 3.05) is 12.4 Å². The van der Waals surface area contributed by atoms with Crippen molar-refractivity contribution in [1.29, 1.82) is 0 Å². The number of ether oxygens (including phenoxy) is 1. The van der Waals surface area contributed by atoms with E-state index in [2.05, 4.69) is 47.1 Å². The Morgan fingerprint density at radius 1 is 1.11 bits per heavy atom. The van der Waals surface area contributed by atoms with Gasteiger partial charge in [-0.2, -0.15) is 0 Å². The van der Waals surface area contributed by atoms with E-state index in [1.165, 1.54) is 44.1 Å². The first-order chi connectivity index (χ1) is 8.80. The number of methoxy groups -OCH3 is 1. The van der Waals surface area contributed by atoms with Gasteiger partial charge in [-0.3, -0.25) is 0 Å². The van der Waals surface area contributed by atoms with Crippen molar-refractivity contribution in [3.05, 3.63) is 29.8 Å². The van der Waals surface area contributed by atoms with Crippen molar-refractivity contribution in [2.45, 2.75) is 45.4 Å². The molecule has 0 saturated carbocycles. The molecule has 0 saturated heterocycles. The minimum absolute atomic E-state index is 0.759. The van der Waals surface area contributed by atoms with Gasteiger partial charge in [-0.1, -0.05) is 60.7 Å². The Morgan fingerprint density at radius 3 is 2.39 bits per heavy atom. The minimum atomic E-state index is 0.759. The van der Waals surface area contributed by atoms with Crippen LogP contribution in [0.5, 0.6) is 5.75 Å². The molecule has 0 bridgehead atoms. The maximum absolute atomic E-state index is 5.18. The molecule has 102 valence electrons. The molecule has 1 unspecified atom stereocenters. The number of halogens is 1. The molecule has 0 spiro atoms. The van der Waals surface area contributed by atoms with Gasteiger partial charge in [0.15, 0.2) is 0 Å². The number of rotatable bonds is 9. The summed E-state index contributed by atoms with van der Waals surface area (Å²) >= 11 is 3.65. The zero-order valence-corrected chi connectivity index (χ0v) is 13.2. The second kappa shape index (κ2) is 9.43. The zero-order chi connectivity index (χ0) is 13.2. The normalized spacial score (nSPS) is 12.4. The average Bonchev–Trinajstić information content (AvgIpc) is 2.43. The fourth-order valence-corrected chi connectivity index (χ4v) is 2.74. The summed E-state index contributed by atoms with van der Waals surface area (Å²) in [5, 5.41) is 1.10.